The highest BCUT2D eigenvalue weighted by atomic mass is 16.5. The zero-order valence-electron chi connectivity index (χ0n) is 16.7. The Labute approximate surface area is 162 Å². The third kappa shape index (κ3) is 4.89. The lowest BCUT2D eigenvalue weighted by atomic mass is 10.1. The minimum absolute atomic E-state index is 0.0739. The van der Waals surface area contributed by atoms with Crippen molar-refractivity contribution < 1.29 is 14.0 Å². The molecule has 0 spiro atoms. The van der Waals surface area contributed by atoms with Crippen molar-refractivity contribution in [3.05, 3.63) is 60.2 Å². The Bertz CT molecular complexity index is 735. The molecule has 4 heteroatoms. The van der Waals surface area contributed by atoms with Crippen LogP contribution in [0.5, 0.6) is 5.75 Å². The number of anilines is 1. The zero-order chi connectivity index (χ0) is 19.3. The Morgan fingerprint density at radius 1 is 1.07 bits per heavy atom. The van der Waals surface area contributed by atoms with E-state index in [1.165, 1.54) is 25.7 Å². The van der Waals surface area contributed by atoms with Gasteiger partial charge in [-0.1, -0.05) is 30.3 Å². The van der Waals surface area contributed by atoms with Gasteiger partial charge in [0.25, 0.3) is 5.91 Å². The van der Waals surface area contributed by atoms with Crippen molar-refractivity contribution in [3.63, 3.8) is 0 Å². The molecule has 1 fully saturated rings. The summed E-state index contributed by atoms with van der Waals surface area (Å²) in [4.78, 5) is 12.8. The highest BCUT2D eigenvalue weighted by Gasteiger charge is 2.39. The summed E-state index contributed by atoms with van der Waals surface area (Å²) in [6, 6.07) is 18.2. The van der Waals surface area contributed by atoms with Crippen molar-refractivity contribution in [2.45, 2.75) is 51.3 Å². The molecule has 0 bridgehead atoms. The molecule has 4 nitrogen and oxygen atoms in total. The predicted octanol–water partition coefficient (Wildman–Crippen LogP) is 4.61. The second-order valence-corrected chi connectivity index (χ2v) is 8.03. The highest BCUT2D eigenvalue weighted by Crippen LogP contribution is 2.29. The number of carbonyl (C=O) groups is 1. The number of nitrogens with zero attached hydrogens (tertiary/aromatic N) is 1. The van der Waals surface area contributed by atoms with E-state index in [0.717, 1.165) is 21.5 Å². The Balaban J connectivity index is 1.54. The third-order valence-electron chi connectivity index (χ3n) is 6.01. The maximum atomic E-state index is 12.8. The van der Waals surface area contributed by atoms with Gasteiger partial charge in [0.05, 0.1) is 20.1 Å². The average molecular weight is 368 g/mol. The molecule has 0 radical (unpaired) electrons. The van der Waals surface area contributed by atoms with Gasteiger partial charge in [-0.15, -0.1) is 0 Å². The predicted molar refractivity (Wildman–Crippen MR) is 110 cm³/mol. The van der Waals surface area contributed by atoms with Crippen LogP contribution >= 0.6 is 0 Å². The molecule has 1 saturated carbocycles. The Morgan fingerprint density at radius 3 is 2.33 bits per heavy atom. The zero-order valence-corrected chi connectivity index (χ0v) is 16.7. The molecule has 1 aliphatic rings. The first-order valence-electron chi connectivity index (χ1n) is 9.88. The summed E-state index contributed by atoms with van der Waals surface area (Å²) in [6.45, 7) is 2.57. The van der Waals surface area contributed by atoms with E-state index in [2.05, 4.69) is 19.4 Å². The standard InChI is InChI=1S/C23H30N2O2/c1-18(25(2,3)21-11-7-8-12-21)23(26)24-20-13-15-22(16-14-20)27-17-19-9-5-4-6-10-19/h4-6,9-10,13-16,18,21H,7-8,11-12,17H2,1-3H3/p+1/t18-/m1/s1. The summed E-state index contributed by atoms with van der Waals surface area (Å²) in [7, 11) is 4.36. The van der Waals surface area contributed by atoms with E-state index in [-0.39, 0.29) is 11.9 Å². The number of rotatable bonds is 7. The maximum absolute atomic E-state index is 12.8. The van der Waals surface area contributed by atoms with Crippen LogP contribution in [0.15, 0.2) is 54.6 Å². The SMILES string of the molecule is C[C@H](C(=O)Nc1ccc(OCc2ccccc2)cc1)[N+](C)(C)C1CCCC1. The van der Waals surface area contributed by atoms with Gasteiger partial charge in [-0.3, -0.25) is 4.79 Å². The molecule has 0 saturated heterocycles. The fourth-order valence-corrected chi connectivity index (χ4v) is 3.81. The van der Waals surface area contributed by atoms with E-state index in [1.807, 2.05) is 61.5 Å². The second kappa shape index (κ2) is 8.57. The number of nitrogens with one attached hydrogen (secondary N) is 1. The van der Waals surface area contributed by atoms with Crippen LogP contribution in [0.3, 0.4) is 0 Å². The van der Waals surface area contributed by atoms with Crippen molar-refractivity contribution in [2.24, 2.45) is 0 Å². The first kappa shape index (κ1) is 19.4. The summed E-state index contributed by atoms with van der Waals surface area (Å²) in [5.74, 6) is 0.872. The number of likely N-dealkylation sites (N-methyl/N-ethyl adjacent to an activating group) is 1. The van der Waals surface area contributed by atoms with E-state index in [4.69, 9.17) is 4.74 Å². The third-order valence-corrected chi connectivity index (χ3v) is 6.01. The molecule has 1 N–H and O–H groups in total. The highest BCUT2D eigenvalue weighted by molar-refractivity contribution is 5.93. The molecule has 0 unspecified atom stereocenters. The van der Waals surface area contributed by atoms with E-state index >= 15 is 0 Å². The fourth-order valence-electron chi connectivity index (χ4n) is 3.81. The van der Waals surface area contributed by atoms with Gasteiger partial charge in [-0.25, -0.2) is 0 Å². The number of benzene rings is 2. The van der Waals surface area contributed by atoms with E-state index in [9.17, 15) is 4.79 Å². The van der Waals surface area contributed by atoms with Crippen LogP contribution in [0, 0.1) is 0 Å². The molecule has 144 valence electrons. The Kier molecular flexibility index (Phi) is 6.17. The quantitative estimate of drug-likeness (QED) is 0.726. The maximum Gasteiger partial charge on any atom is 0.282 e. The van der Waals surface area contributed by atoms with Gasteiger partial charge in [0, 0.05) is 5.69 Å². The number of ether oxygens (including phenoxy) is 1. The molecule has 1 amide bonds. The molecule has 2 aromatic rings. The van der Waals surface area contributed by atoms with Gasteiger partial charge in [0.1, 0.15) is 12.4 Å². The van der Waals surface area contributed by atoms with Crippen molar-refractivity contribution in [2.75, 3.05) is 19.4 Å². The molecular formula is C23H31N2O2+. The minimum Gasteiger partial charge on any atom is -0.489 e. The van der Waals surface area contributed by atoms with Crippen LogP contribution in [0.1, 0.15) is 38.2 Å². The minimum atomic E-state index is -0.0814. The van der Waals surface area contributed by atoms with Crippen LogP contribution in [-0.2, 0) is 11.4 Å². The molecule has 1 atom stereocenters. The van der Waals surface area contributed by atoms with Crippen molar-refractivity contribution in [1.29, 1.82) is 0 Å². The number of carbonyl (C=O) groups excluding carboxylic acids is 1. The van der Waals surface area contributed by atoms with Gasteiger partial charge >= 0.3 is 0 Å². The van der Waals surface area contributed by atoms with E-state index < -0.39 is 0 Å². The Hall–Kier alpha value is -2.33. The van der Waals surface area contributed by atoms with Crippen molar-refractivity contribution >= 4 is 11.6 Å². The van der Waals surface area contributed by atoms with Crippen LogP contribution in [0.4, 0.5) is 5.69 Å². The van der Waals surface area contributed by atoms with Crippen LogP contribution < -0.4 is 10.1 Å². The number of hydrogen-bond donors (Lipinski definition) is 1. The molecule has 27 heavy (non-hydrogen) atoms. The normalized spacial score (nSPS) is 16.1. The molecule has 0 aromatic heterocycles. The first-order chi connectivity index (χ1) is 13.0. The molecular weight excluding hydrogens is 336 g/mol. The fraction of sp³-hybridized carbons (Fsp3) is 0.435. The van der Waals surface area contributed by atoms with Crippen LogP contribution in [0.2, 0.25) is 0 Å². The van der Waals surface area contributed by atoms with Gasteiger partial charge < -0.3 is 14.5 Å². The lowest BCUT2D eigenvalue weighted by Crippen LogP contribution is -2.57. The molecule has 0 aliphatic heterocycles. The second-order valence-electron chi connectivity index (χ2n) is 8.03. The van der Waals surface area contributed by atoms with Gasteiger partial charge in [0.2, 0.25) is 0 Å². The monoisotopic (exact) mass is 367 g/mol. The summed E-state index contributed by atoms with van der Waals surface area (Å²) >= 11 is 0. The Morgan fingerprint density at radius 2 is 1.70 bits per heavy atom. The van der Waals surface area contributed by atoms with E-state index in [1.54, 1.807) is 0 Å². The van der Waals surface area contributed by atoms with Crippen LogP contribution in [-0.4, -0.2) is 36.6 Å². The molecule has 0 heterocycles. The smallest absolute Gasteiger partial charge is 0.282 e. The largest absolute Gasteiger partial charge is 0.489 e. The number of amides is 1. The van der Waals surface area contributed by atoms with Gasteiger partial charge in [-0.2, -0.15) is 0 Å². The number of hydrogen-bond acceptors (Lipinski definition) is 2. The lowest BCUT2D eigenvalue weighted by Gasteiger charge is -2.40. The molecule has 2 aromatic carbocycles. The molecule has 3 rings (SSSR count). The van der Waals surface area contributed by atoms with E-state index in [0.29, 0.717) is 12.6 Å². The topological polar surface area (TPSA) is 38.3 Å². The van der Waals surface area contributed by atoms with Crippen molar-refractivity contribution in [3.8, 4) is 5.75 Å². The molecule has 1 aliphatic carbocycles. The summed E-state index contributed by atoms with van der Waals surface area (Å²) in [5, 5.41) is 3.06. The first-order valence-corrected chi connectivity index (χ1v) is 9.88. The van der Waals surface area contributed by atoms with Gasteiger partial charge in [-0.05, 0) is 62.4 Å². The van der Waals surface area contributed by atoms with Gasteiger partial charge in [0.15, 0.2) is 6.04 Å². The van der Waals surface area contributed by atoms with Crippen LogP contribution in [0.25, 0.3) is 0 Å². The average Bonchev–Trinajstić information content (AvgIpc) is 3.23. The summed E-state index contributed by atoms with van der Waals surface area (Å²) < 4.78 is 6.56. The van der Waals surface area contributed by atoms with Crippen molar-refractivity contribution in [1.82, 2.24) is 0 Å². The summed E-state index contributed by atoms with van der Waals surface area (Å²) in [6.07, 6.45) is 5.01. The number of quaternary nitrogens is 1. The summed E-state index contributed by atoms with van der Waals surface area (Å²) in [5.41, 5.74) is 1.95. The lowest BCUT2D eigenvalue weighted by molar-refractivity contribution is -0.927.